The molecule has 0 aromatic carbocycles. The molecule has 3 N–H and O–H groups in total. The largest absolute Gasteiger partial charge is 0.356 e. The number of hydrogen-bond acceptors (Lipinski definition) is 3. The molecule has 0 bridgehead atoms. The summed E-state index contributed by atoms with van der Waals surface area (Å²) in [5.74, 6) is 0.871. The highest BCUT2D eigenvalue weighted by molar-refractivity contribution is 5.85. The molecule has 1 saturated carbocycles. The van der Waals surface area contributed by atoms with Gasteiger partial charge in [-0.15, -0.1) is 12.4 Å². The molecule has 0 spiro atoms. The summed E-state index contributed by atoms with van der Waals surface area (Å²) >= 11 is 0. The summed E-state index contributed by atoms with van der Waals surface area (Å²) in [6.45, 7) is 2.53. The highest BCUT2D eigenvalue weighted by atomic mass is 35.5. The molecule has 2 fully saturated rings. The Balaban J connectivity index is 0.00000180. The van der Waals surface area contributed by atoms with Gasteiger partial charge in [-0.1, -0.05) is 0 Å². The van der Waals surface area contributed by atoms with Crippen LogP contribution in [0.25, 0.3) is 0 Å². The number of piperidine rings is 1. The number of likely N-dealkylation sites (tertiary alicyclic amines) is 1. The second-order valence-electron chi connectivity index (χ2n) is 5.41. The van der Waals surface area contributed by atoms with Crippen LogP contribution in [-0.2, 0) is 9.59 Å². The van der Waals surface area contributed by atoms with Crippen LogP contribution < -0.4 is 11.1 Å². The fourth-order valence-electron chi connectivity index (χ4n) is 2.41. The maximum Gasteiger partial charge on any atom is 0.224 e. The zero-order chi connectivity index (χ0) is 13.0. The quantitative estimate of drug-likeness (QED) is 0.775. The standard InChI is InChI=1S/C13H23N3O2.ClH/c14-6-5-12(17)16-7-1-2-11(9-16)13(18)15-8-10-3-4-10;/h10-11H,1-9,14H2,(H,15,18);1H. The van der Waals surface area contributed by atoms with Crippen molar-refractivity contribution in [2.75, 3.05) is 26.2 Å². The lowest BCUT2D eigenvalue weighted by Gasteiger charge is -2.32. The number of carbonyl (C=O) groups is 2. The number of halogens is 1. The zero-order valence-electron chi connectivity index (χ0n) is 11.3. The number of amides is 2. The minimum Gasteiger partial charge on any atom is -0.356 e. The Bertz CT molecular complexity index is 321. The third-order valence-corrected chi connectivity index (χ3v) is 3.76. The molecule has 1 aliphatic heterocycles. The van der Waals surface area contributed by atoms with Gasteiger partial charge in [-0.3, -0.25) is 9.59 Å². The Morgan fingerprint density at radius 1 is 1.26 bits per heavy atom. The van der Waals surface area contributed by atoms with E-state index in [4.69, 9.17) is 5.73 Å². The van der Waals surface area contributed by atoms with Crippen molar-refractivity contribution in [2.45, 2.75) is 32.1 Å². The lowest BCUT2D eigenvalue weighted by molar-refractivity contribution is -0.135. The lowest BCUT2D eigenvalue weighted by atomic mass is 9.97. The Labute approximate surface area is 120 Å². The monoisotopic (exact) mass is 289 g/mol. The number of carbonyl (C=O) groups excluding carboxylic acids is 2. The summed E-state index contributed by atoms with van der Waals surface area (Å²) < 4.78 is 0. The maximum atomic E-state index is 12.0. The summed E-state index contributed by atoms with van der Waals surface area (Å²) in [5.41, 5.74) is 5.39. The lowest BCUT2D eigenvalue weighted by Crippen LogP contribution is -2.46. The molecule has 1 saturated heterocycles. The molecule has 0 radical (unpaired) electrons. The first-order valence-electron chi connectivity index (χ1n) is 6.96. The number of hydrogen-bond donors (Lipinski definition) is 2. The van der Waals surface area contributed by atoms with E-state index in [1.165, 1.54) is 12.8 Å². The van der Waals surface area contributed by atoms with Gasteiger partial charge in [-0.2, -0.15) is 0 Å². The second-order valence-corrected chi connectivity index (χ2v) is 5.41. The maximum absolute atomic E-state index is 12.0. The summed E-state index contributed by atoms with van der Waals surface area (Å²) in [4.78, 5) is 25.5. The number of nitrogens with one attached hydrogen (secondary N) is 1. The van der Waals surface area contributed by atoms with E-state index in [1.54, 1.807) is 4.90 Å². The molecule has 1 heterocycles. The number of nitrogens with two attached hydrogens (primary N) is 1. The van der Waals surface area contributed by atoms with E-state index >= 15 is 0 Å². The van der Waals surface area contributed by atoms with Gasteiger partial charge >= 0.3 is 0 Å². The highest BCUT2D eigenvalue weighted by Gasteiger charge is 2.29. The minimum atomic E-state index is -0.0285. The predicted molar refractivity (Wildman–Crippen MR) is 76.0 cm³/mol. The normalized spacial score (nSPS) is 22.6. The fraction of sp³-hybridized carbons (Fsp3) is 0.846. The van der Waals surface area contributed by atoms with Crippen LogP contribution in [0.1, 0.15) is 32.1 Å². The molecular formula is C13H24ClN3O2. The van der Waals surface area contributed by atoms with Gasteiger partial charge < -0.3 is 16.0 Å². The second kappa shape index (κ2) is 7.70. The fourth-order valence-corrected chi connectivity index (χ4v) is 2.41. The average Bonchev–Trinajstić information content (AvgIpc) is 3.20. The van der Waals surface area contributed by atoms with Gasteiger partial charge in [0.2, 0.25) is 11.8 Å². The van der Waals surface area contributed by atoms with Crippen LogP contribution in [0, 0.1) is 11.8 Å². The molecule has 0 aromatic rings. The molecule has 1 atom stereocenters. The van der Waals surface area contributed by atoms with Gasteiger partial charge in [0.15, 0.2) is 0 Å². The van der Waals surface area contributed by atoms with E-state index in [0.717, 1.165) is 25.9 Å². The molecule has 2 amide bonds. The van der Waals surface area contributed by atoms with Crippen LogP contribution in [0.2, 0.25) is 0 Å². The molecule has 1 aliphatic carbocycles. The van der Waals surface area contributed by atoms with Gasteiger partial charge in [0, 0.05) is 32.6 Å². The highest BCUT2D eigenvalue weighted by Crippen LogP contribution is 2.27. The van der Waals surface area contributed by atoms with Crippen molar-refractivity contribution >= 4 is 24.2 Å². The van der Waals surface area contributed by atoms with Crippen molar-refractivity contribution in [3.63, 3.8) is 0 Å². The van der Waals surface area contributed by atoms with Crippen LogP contribution in [-0.4, -0.2) is 42.9 Å². The van der Waals surface area contributed by atoms with Crippen LogP contribution in [0.3, 0.4) is 0 Å². The van der Waals surface area contributed by atoms with Crippen molar-refractivity contribution in [1.82, 2.24) is 10.2 Å². The first-order valence-corrected chi connectivity index (χ1v) is 6.96. The van der Waals surface area contributed by atoms with Crippen LogP contribution >= 0.6 is 12.4 Å². The van der Waals surface area contributed by atoms with Gasteiger partial charge in [0.25, 0.3) is 0 Å². The van der Waals surface area contributed by atoms with Gasteiger partial charge in [0.05, 0.1) is 5.92 Å². The Morgan fingerprint density at radius 2 is 2.00 bits per heavy atom. The van der Waals surface area contributed by atoms with E-state index in [-0.39, 0.29) is 30.1 Å². The first kappa shape index (κ1) is 16.2. The molecule has 1 unspecified atom stereocenters. The predicted octanol–water partition coefficient (Wildman–Crippen LogP) is 0.522. The van der Waals surface area contributed by atoms with Crippen LogP contribution in [0.4, 0.5) is 0 Å². The Hall–Kier alpha value is -0.810. The van der Waals surface area contributed by atoms with Crippen molar-refractivity contribution in [3.05, 3.63) is 0 Å². The molecule has 2 aliphatic rings. The van der Waals surface area contributed by atoms with Gasteiger partial charge in [-0.25, -0.2) is 0 Å². The Kier molecular flexibility index (Phi) is 6.58. The van der Waals surface area contributed by atoms with Crippen LogP contribution in [0.5, 0.6) is 0 Å². The smallest absolute Gasteiger partial charge is 0.224 e. The molecule has 2 rings (SSSR count). The van der Waals surface area contributed by atoms with Crippen molar-refractivity contribution < 1.29 is 9.59 Å². The first-order chi connectivity index (χ1) is 8.70. The molecule has 5 nitrogen and oxygen atoms in total. The zero-order valence-corrected chi connectivity index (χ0v) is 12.1. The number of rotatable bonds is 5. The SMILES string of the molecule is Cl.NCCC(=O)N1CCCC(C(=O)NCC2CC2)C1. The van der Waals surface area contributed by atoms with Gasteiger partial charge in [0.1, 0.15) is 0 Å². The van der Waals surface area contributed by atoms with E-state index in [9.17, 15) is 9.59 Å². The third-order valence-electron chi connectivity index (χ3n) is 3.76. The number of nitrogens with zero attached hydrogens (tertiary/aromatic N) is 1. The summed E-state index contributed by atoms with van der Waals surface area (Å²) in [7, 11) is 0. The minimum absolute atomic E-state index is 0. The van der Waals surface area contributed by atoms with Crippen molar-refractivity contribution in [1.29, 1.82) is 0 Å². The molecule has 0 aromatic heterocycles. The van der Waals surface area contributed by atoms with E-state index in [1.807, 2.05) is 0 Å². The topological polar surface area (TPSA) is 75.4 Å². The van der Waals surface area contributed by atoms with E-state index < -0.39 is 0 Å². The summed E-state index contributed by atoms with van der Waals surface area (Å²) in [5, 5.41) is 3.00. The molecule has 19 heavy (non-hydrogen) atoms. The molecule has 6 heteroatoms. The van der Waals surface area contributed by atoms with Crippen LogP contribution in [0.15, 0.2) is 0 Å². The van der Waals surface area contributed by atoms with Crippen molar-refractivity contribution in [3.8, 4) is 0 Å². The third kappa shape index (κ3) is 4.99. The summed E-state index contributed by atoms with van der Waals surface area (Å²) in [6, 6.07) is 0. The van der Waals surface area contributed by atoms with E-state index in [2.05, 4.69) is 5.32 Å². The van der Waals surface area contributed by atoms with Crippen molar-refractivity contribution in [2.24, 2.45) is 17.6 Å². The average molecular weight is 290 g/mol. The van der Waals surface area contributed by atoms with Gasteiger partial charge in [-0.05, 0) is 31.6 Å². The molecular weight excluding hydrogens is 266 g/mol. The van der Waals surface area contributed by atoms with E-state index in [0.29, 0.717) is 25.4 Å². The molecule has 110 valence electrons. The Morgan fingerprint density at radius 3 is 2.63 bits per heavy atom. The summed E-state index contributed by atoms with van der Waals surface area (Å²) in [6.07, 6.45) is 4.68.